The molecular weight excluding hydrogens is 857 g/mol. The minimum absolute atomic E-state index is 0.0287. The summed E-state index contributed by atoms with van der Waals surface area (Å²) >= 11 is 0. The molecule has 67 heavy (non-hydrogen) atoms. The van der Waals surface area contributed by atoms with E-state index < -0.39 is 77.6 Å². The van der Waals surface area contributed by atoms with Crippen LogP contribution in [0.2, 0.25) is 0 Å². The van der Waals surface area contributed by atoms with Crippen LogP contribution in [-0.4, -0.2) is 109 Å². The summed E-state index contributed by atoms with van der Waals surface area (Å²) in [7, 11) is 0. The number of nitrogens with zero attached hydrogens (tertiary/aromatic N) is 2. The van der Waals surface area contributed by atoms with E-state index in [1.807, 2.05) is 24.3 Å². The fourth-order valence-corrected chi connectivity index (χ4v) is 7.50. The van der Waals surface area contributed by atoms with Crippen LogP contribution in [0.1, 0.15) is 111 Å². The van der Waals surface area contributed by atoms with Crippen molar-refractivity contribution in [3.05, 3.63) is 72.5 Å². The van der Waals surface area contributed by atoms with E-state index >= 15 is 0 Å². The lowest BCUT2D eigenvalue weighted by Gasteiger charge is -2.27. The highest BCUT2D eigenvalue weighted by molar-refractivity contribution is 5.97. The van der Waals surface area contributed by atoms with Gasteiger partial charge in [-0.2, -0.15) is 0 Å². The number of imidazole rings is 2. The summed E-state index contributed by atoms with van der Waals surface area (Å²) in [6.45, 7) is 15.9. The number of aromatic nitrogens is 5. The van der Waals surface area contributed by atoms with Crippen LogP contribution in [0.15, 0.2) is 55.5 Å². The predicted octanol–water partition coefficient (Wildman–Crippen LogP) is 3.02. The Labute approximate surface area is 393 Å². The first-order chi connectivity index (χ1) is 31.7. The number of amides is 7. The zero-order valence-electron chi connectivity index (χ0n) is 40.4. The van der Waals surface area contributed by atoms with Crippen LogP contribution in [0.3, 0.4) is 0 Å². The number of hydrogen-bond acceptors (Lipinski definition) is 9. The number of H-pyrrole nitrogens is 3. The third kappa shape index (κ3) is 17.0. The molecule has 0 unspecified atom stereocenters. The van der Waals surface area contributed by atoms with Gasteiger partial charge in [0, 0.05) is 71.6 Å². The number of hydrogen-bond donors (Lipinski definition) is 10. The number of carbonyl (C=O) groups excluding carboxylic acids is 7. The number of para-hydroxylation sites is 1. The number of rotatable bonds is 26. The molecule has 10 N–H and O–H groups in total. The topological polar surface area (TPSA) is 277 Å². The van der Waals surface area contributed by atoms with Crippen LogP contribution in [0.5, 0.6) is 0 Å². The van der Waals surface area contributed by atoms with Crippen molar-refractivity contribution in [3.8, 4) is 0 Å². The Hall–Kier alpha value is -6.53. The third-order valence-corrected chi connectivity index (χ3v) is 11.3. The van der Waals surface area contributed by atoms with Crippen LogP contribution in [0.4, 0.5) is 0 Å². The summed E-state index contributed by atoms with van der Waals surface area (Å²) in [5.74, 6) is -4.07. The second kappa shape index (κ2) is 25.4. The highest BCUT2D eigenvalue weighted by Gasteiger charge is 2.34. The Morgan fingerprint density at radius 1 is 0.657 bits per heavy atom. The molecule has 19 nitrogen and oxygen atoms in total. The SMILES string of the molecule is CCCCC[C@H](CC(C)C)NC(=O)[C@H](Cc1cnc[nH]1)NC(=O)CNC(=O)[C@@H](NC(=O)[C@H](C)NC(=O)[C@H](Cc1c[nH]c2ccccc12)NC(=O)[C@@H](Cc1cnc[nH]1)NC(=O)C(C)(C)C)C(C)C. The van der Waals surface area contributed by atoms with E-state index in [-0.39, 0.29) is 37.1 Å². The van der Waals surface area contributed by atoms with Crippen LogP contribution >= 0.6 is 0 Å². The summed E-state index contributed by atoms with van der Waals surface area (Å²) in [4.78, 5) is 113. The molecule has 0 radical (unpaired) electrons. The first-order valence-corrected chi connectivity index (χ1v) is 23.3. The molecule has 0 fully saturated rings. The molecule has 6 atom stereocenters. The summed E-state index contributed by atoms with van der Waals surface area (Å²) in [6, 6.07) is 1.88. The molecule has 0 bridgehead atoms. The van der Waals surface area contributed by atoms with Crippen LogP contribution < -0.4 is 37.2 Å². The third-order valence-electron chi connectivity index (χ3n) is 11.3. The molecular formula is C48H72N12O7. The van der Waals surface area contributed by atoms with Crippen LogP contribution in [-0.2, 0) is 52.8 Å². The van der Waals surface area contributed by atoms with Crippen molar-refractivity contribution < 1.29 is 33.6 Å². The highest BCUT2D eigenvalue weighted by Crippen LogP contribution is 2.20. The molecule has 4 aromatic rings. The number of benzene rings is 1. The lowest BCUT2D eigenvalue weighted by molar-refractivity contribution is -0.136. The van der Waals surface area contributed by atoms with Gasteiger partial charge in [-0.05, 0) is 43.2 Å². The Morgan fingerprint density at radius 2 is 1.25 bits per heavy atom. The van der Waals surface area contributed by atoms with Gasteiger partial charge < -0.3 is 52.2 Å². The van der Waals surface area contributed by atoms with Gasteiger partial charge in [0.25, 0.3) is 0 Å². The molecule has 366 valence electrons. The van der Waals surface area contributed by atoms with E-state index in [2.05, 4.69) is 82.9 Å². The maximum Gasteiger partial charge on any atom is 0.243 e. The predicted molar refractivity (Wildman–Crippen MR) is 255 cm³/mol. The van der Waals surface area contributed by atoms with Gasteiger partial charge in [-0.3, -0.25) is 33.6 Å². The van der Waals surface area contributed by atoms with Crippen molar-refractivity contribution in [1.29, 1.82) is 0 Å². The molecule has 0 saturated carbocycles. The normalized spacial score (nSPS) is 14.3. The number of fused-ring (bicyclic) bond motifs is 1. The van der Waals surface area contributed by atoms with Gasteiger partial charge in [0.2, 0.25) is 41.4 Å². The molecule has 0 aliphatic heterocycles. The number of nitrogens with one attached hydrogen (secondary N) is 10. The van der Waals surface area contributed by atoms with Gasteiger partial charge in [0.1, 0.15) is 30.2 Å². The molecule has 0 spiro atoms. The van der Waals surface area contributed by atoms with Gasteiger partial charge in [-0.1, -0.05) is 92.9 Å². The van der Waals surface area contributed by atoms with Gasteiger partial charge in [0.05, 0.1) is 19.2 Å². The van der Waals surface area contributed by atoms with E-state index in [0.29, 0.717) is 17.3 Å². The van der Waals surface area contributed by atoms with E-state index in [0.717, 1.165) is 48.6 Å². The van der Waals surface area contributed by atoms with Crippen molar-refractivity contribution >= 4 is 52.3 Å². The monoisotopic (exact) mass is 929 g/mol. The number of carbonyl (C=O) groups is 7. The summed E-state index contributed by atoms with van der Waals surface area (Å²) in [5, 5.41) is 20.3. The highest BCUT2D eigenvalue weighted by atomic mass is 16.2. The lowest BCUT2D eigenvalue weighted by atomic mass is 9.94. The van der Waals surface area contributed by atoms with Crippen molar-refractivity contribution in [2.24, 2.45) is 17.3 Å². The van der Waals surface area contributed by atoms with E-state index in [1.54, 1.807) is 53.2 Å². The second-order valence-electron chi connectivity index (χ2n) is 19.1. The molecule has 1 aromatic carbocycles. The summed E-state index contributed by atoms with van der Waals surface area (Å²) in [5.41, 5.74) is 1.96. The minimum atomic E-state index is -1.21. The maximum absolute atomic E-state index is 14.1. The Bertz CT molecular complexity index is 2230. The van der Waals surface area contributed by atoms with E-state index in [9.17, 15) is 33.6 Å². The zero-order chi connectivity index (χ0) is 49.3. The fourth-order valence-electron chi connectivity index (χ4n) is 7.50. The second-order valence-corrected chi connectivity index (χ2v) is 19.1. The molecule has 0 saturated heterocycles. The van der Waals surface area contributed by atoms with Crippen molar-refractivity contribution in [3.63, 3.8) is 0 Å². The first-order valence-electron chi connectivity index (χ1n) is 23.3. The molecule has 0 aliphatic carbocycles. The maximum atomic E-state index is 14.1. The minimum Gasteiger partial charge on any atom is -0.361 e. The molecule has 4 rings (SSSR count). The smallest absolute Gasteiger partial charge is 0.243 e. The van der Waals surface area contributed by atoms with Crippen LogP contribution in [0.25, 0.3) is 10.9 Å². The number of unbranched alkanes of at least 4 members (excludes halogenated alkanes) is 2. The van der Waals surface area contributed by atoms with Crippen molar-refractivity contribution in [2.75, 3.05) is 6.54 Å². The Kier molecular flexibility index (Phi) is 20.1. The number of aromatic amines is 3. The first kappa shape index (κ1) is 53.1. The standard InChI is InChI=1S/C48H72N12O7/c1-10-11-12-15-32(18-28(2)3)56-44(64)38(20-33-23-49-26-53-33)57-40(61)25-52-46(66)41(29(4)5)60-42(62)30(6)55-43(63)37(19-31-22-51-36-17-14-13-16-35(31)36)58-45(65)39(21-34-24-50-27-54-34)59-47(67)48(7,8)9/h13-14,16-17,22-24,26-30,32,37-39,41,51H,10-12,15,18-21,25H2,1-9H3,(H,49,53)(H,50,54)(H,52,66)(H,55,63)(H,56,64)(H,57,61)(H,58,65)(H,59,67)(H,60,62)/t30-,32+,37-,38-,39+,41-/m0/s1. The fraction of sp³-hybridized carbons (Fsp3) is 0.562. The molecule has 7 amide bonds. The Morgan fingerprint density at radius 3 is 1.84 bits per heavy atom. The van der Waals surface area contributed by atoms with Crippen molar-refractivity contribution in [2.45, 2.75) is 150 Å². The molecule has 3 heterocycles. The average molecular weight is 929 g/mol. The molecule has 19 heteroatoms. The van der Waals surface area contributed by atoms with Gasteiger partial charge >= 0.3 is 0 Å². The van der Waals surface area contributed by atoms with E-state index in [4.69, 9.17) is 0 Å². The van der Waals surface area contributed by atoms with Gasteiger partial charge in [-0.15, -0.1) is 0 Å². The molecule has 0 aliphatic rings. The van der Waals surface area contributed by atoms with Gasteiger partial charge in [-0.25, -0.2) is 9.97 Å². The molecule has 3 aromatic heterocycles. The van der Waals surface area contributed by atoms with Crippen LogP contribution in [0, 0.1) is 17.3 Å². The lowest BCUT2D eigenvalue weighted by Crippen LogP contribution is -2.59. The quantitative estimate of drug-likeness (QED) is 0.0414. The zero-order valence-corrected chi connectivity index (χ0v) is 40.4. The summed E-state index contributed by atoms with van der Waals surface area (Å²) < 4.78 is 0. The summed E-state index contributed by atoms with van der Waals surface area (Å²) in [6.07, 6.45) is 12.7. The van der Waals surface area contributed by atoms with Crippen molar-refractivity contribution in [1.82, 2.24) is 62.1 Å². The Balaban J connectivity index is 1.43. The van der Waals surface area contributed by atoms with Gasteiger partial charge in [0.15, 0.2) is 0 Å². The largest absolute Gasteiger partial charge is 0.361 e. The van der Waals surface area contributed by atoms with E-state index in [1.165, 1.54) is 19.6 Å². The average Bonchev–Trinajstić information content (AvgIpc) is 4.07.